The van der Waals surface area contributed by atoms with Crippen LogP contribution in [0.25, 0.3) is 0 Å². The van der Waals surface area contributed by atoms with Gasteiger partial charge in [-0.3, -0.25) is 9.59 Å². The van der Waals surface area contributed by atoms with E-state index in [9.17, 15) is 9.59 Å². The van der Waals surface area contributed by atoms with E-state index < -0.39 is 17.8 Å². The van der Waals surface area contributed by atoms with Crippen LogP contribution in [0.3, 0.4) is 0 Å². The van der Waals surface area contributed by atoms with Crippen LogP contribution in [-0.4, -0.2) is 35.0 Å². The van der Waals surface area contributed by atoms with Crippen LogP contribution < -0.4 is 0 Å². The maximum absolute atomic E-state index is 12.3. The van der Waals surface area contributed by atoms with Gasteiger partial charge in [-0.1, -0.05) is 33.6 Å². The number of hydrogen-bond donors (Lipinski definition) is 1. The van der Waals surface area contributed by atoms with Crippen LogP contribution in [0.1, 0.15) is 46.5 Å². The first-order chi connectivity index (χ1) is 8.34. The zero-order valence-corrected chi connectivity index (χ0v) is 11.8. The Bertz CT molecular complexity index is 316. The van der Waals surface area contributed by atoms with E-state index in [1.807, 2.05) is 7.05 Å². The van der Waals surface area contributed by atoms with Crippen LogP contribution >= 0.6 is 0 Å². The fourth-order valence-electron chi connectivity index (χ4n) is 2.68. The van der Waals surface area contributed by atoms with Crippen molar-refractivity contribution < 1.29 is 14.7 Å². The molecule has 4 nitrogen and oxygen atoms in total. The van der Waals surface area contributed by atoms with E-state index >= 15 is 0 Å². The molecule has 0 bridgehead atoms. The third-order valence-electron chi connectivity index (χ3n) is 4.33. The Hall–Kier alpha value is -1.06. The number of rotatable bonds is 4. The summed E-state index contributed by atoms with van der Waals surface area (Å²) in [4.78, 5) is 25.0. The minimum Gasteiger partial charge on any atom is -0.481 e. The SMILES string of the molecule is CC1CCCC(N(C)C(=O)C(C)C(C)C(=O)O)C1. The first-order valence-corrected chi connectivity index (χ1v) is 6.84. The quantitative estimate of drug-likeness (QED) is 0.839. The van der Waals surface area contributed by atoms with Gasteiger partial charge in [-0.05, 0) is 18.8 Å². The molecule has 0 heterocycles. The van der Waals surface area contributed by atoms with Crippen molar-refractivity contribution in [2.75, 3.05) is 7.05 Å². The standard InChI is InChI=1S/C14H25NO3/c1-9-6-5-7-12(8-9)15(4)13(16)10(2)11(3)14(17)18/h9-12H,5-8H2,1-4H3,(H,17,18). The number of hydrogen-bond acceptors (Lipinski definition) is 2. The summed E-state index contributed by atoms with van der Waals surface area (Å²) in [6.07, 6.45) is 4.48. The highest BCUT2D eigenvalue weighted by Gasteiger charge is 2.32. The summed E-state index contributed by atoms with van der Waals surface area (Å²) in [6.45, 7) is 5.53. The van der Waals surface area contributed by atoms with E-state index in [-0.39, 0.29) is 11.9 Å². The molecule has 1 aliphatic carbocycles. The van der Waals surface area contributed by atoms with Crippen molar-refractivity contribution in [1.82, 2.24) is 4.90 Å². The second-order valence-corrected chi connectivity index (χ2v) is 5.79. The summed E-state index contributed by atoms with van der Waals surface area (Å²) in [6, 6.07) is 0.282. The van der Waals surface area contributed by atoms with E-state index in [4.69, 9.17) is 5.11 Å². The van der Waals surface area contributed by atoms with E-state index in [0.29, 0.717) is 5.92 Å². The lowest BCUT2D eigenvalue weighted by molar-refractivity contribution is -0.149. The Morgan fingerprint density at radius 3 is 2.33 bits per heavy atom. The summed E-state index contributed by atoms with van der Waals surface area (Å²) < 4.78 is 0. The van der Waals surface area contributed by atoms with E-state index in [0.717, 1.165) is 19.3 Å². The van der Waals surface area contributed by atoms with Crippen LogP contribution in [0.4, 0.5) is 0 Å². The van der Waals surface area contributed by atoms with Gasteiger partial charge in [0.15, 0.2) is 0 Å². The summed E-state index contributed by atoms with van der Waals surface area (Å²) in [5.74, 6) is -1.36. The molecule has 0 saturated heterocycles. The molecule has 18 heavy (non-hydrogen) atoms. The molecule has 0 radical (unpaired) electrons. The number of carboxylic acids is 1. The average molecular weight is 255 g/mol. The fraction of sp³-hybridized carbons (Fsp3) is 0.857. The lowest BCUT2D eigenvalue weighted by Crippen LogP contribution is -2.44. The Morgan fingerprint density at radius 1 is 1.22 bits per heavy atom. The molecule has 4 heteroatoms. The van der Waals surface area contributed by atoms with Crippen molar-refractivity contribution in [3.05, 3.63) is 0 Å². The van der Waals surface area contributed by atoms with Gasteiger partial charge in [-0.25, -0.2) is 0 Å². The zero-order valence-electron chi connectivity index (χ0n) is 11.8. The second-order valence-electron chi connectivity index (χ2n) is 5.79. The molecule has 0 spiro atoms. The van der Waals surface area contributed by atoms with E-state index in [2.05, 4.69) is 6.92 Å². The predicted molar refractivity (Wildman–Crippen MR) is 70.2 cm³/mol. The molecule has 4 unspecified atom stereocenters. The average Bonchev–Trinajstić information content (AvgIpc) is 2.35. The number of amides is 1. The van der Waals surface area contributed by atoms with Gasteiger partial charge in [0.1, 0.15) is 0 Å². The summed E-state index contributed by atoms with van der Waals surface area (Å²) in [5, 5.41) is 8.96. The molecule has 0 aromatic rings. The zero-order chi connectivity index (χ0) is 13.9. The van der Waals surface area contributed by atoms with E-state index in [1.54, 1.807) is 18.7 Å². The van der Waals surface area contributed by atoms with Gasteiger partial charge >= 0.3 is 5.97 Å². The number of aliphatic carboxylic acids is 1. The van der Waals surface area contributed by atoms with Crippen molar-refractivity contribution in [3.8, 4) is 0 Å². The largest absolute Gasteiger partial charge is 0.481 e. The molecular weight excluding hydrogens is 230 g/mol. The summed E-state index contributed by atoms with van der Waals surface area (Å²) in [7, 11) is 1.82. The maximum Gasteiger partial charge on any atom is 0.307 e. The monoisotopic (exact) mass is 255 g/mol. The molecular formula is C14H25NO3. The van der Waals surface area contributed by atoms with Gasteiger partial charge in [-0.2, -0.15) is 0 Å². The van der Waals surface area contributed by atoms with Crippen LogP contribution in [0, 0.1) is 17.8 Å². The Morgan fingerprint density at radius 2 is 1.83 bits per heavy atom. The highest BCUT2D eigenvalue weighted by Crippen LogP contribution is 2.28. The Labute approximate surface area is 109 Å². The third-order valence-corrected chi connectivity index (χ3v) is 4.33. The Balaban J connectivity index is 2.62. The van der Waals surface area contributed by atoms with Crippen molar-refractivity contribution in [3.63, 3.8) is 0 Å². The highest BCUT2D eigenvalue weighted by atomic mass is 16.4. The van der Waals surface area contributed by atoms with Crippen molar-refractivity contribution in [1.29, 1.82) is 0 Å². The second kappa shape index (κ2) is 6.21. The van der Waals surface area contributed by atoms with Crippen LogP contribution in [-0.2, 0) is 9.59 Å². The maximum atomic E-state index is 12.3. The van der Waals surface area contributed by atoms with Crippen molar-refractivity contribution in [2.45, 2.75) is 52.5 Å². The molecule has 1 fully saturated rings. The van der Waals surface area contributed by atoms with Crippen LogP contribution in [0.2, 0.25) is 0 Å². The lowest BCUT2D eigenvalue weighted by Gasteiger charge is -2.36. The highest BCUT2D eigenvalue weighted by molar-refractivity contribution is 5.84. The molecule has 104 valence electrons. The van der Waals surface area contributed by atoms with Gasteiger partial charge < -0.3 is 10.0 Å². The molecule has 0 aromatic heterocycles. The topological polar surface area (TPSA) is 57.6 Å². The summed E-state index contributed by atoms with van der Waals surface area (Å²) >= 11 is 0. The number of carbonyl (C=O) groups is 2. The van der Waals surface area contributed by atoms with Crippen molar-refractivity contribution >= 4 is 11.9 Å². The first-order valence-electron chi connectivity index (χ1n) is 6.84. The molecule has 1 saturated carbocycles. The summed E-state index contributed by atoms with van der Waals surface area (Å²) in [5.41, 5.74) is 0. The van der Waals surface area contributed by atoms with Gasteiger partial charge in [0.25, 0.3) is 0 Å². The number of carboxylic acid groups (broad SMARTS) is 1. The minimum atomic E-state index is -0.902. The molecule has 1 N–H and O–H groups in total. The molecule has 0 aliphatic heterocycles. The van der Waals surface area contributed by atoms with Gasteiger partial charge in [-0.15, -0.1) is 0 Å². The smallest absolute Gasteiger partial charge is 0.307 e. The lowest BCUT2D eigenvalue weighted by atomic mass is 9.85. The minimum absolute atomic E-state index is 0.0380. The molecule has 0 aromatic carbocycles. The predicted octanol–water partition coefficient (Wildman–Crippen LogP) is 2.38. The van der Waals surface area contributed by atoms with Crippen molar-refractivity contribution in [2.24, 2.45) is 17.8 Å². The molecule has 1 aliphatic rings. The van der Waals surface area contributed by atoms with E-state index in [1.165, 1.54) is 6.42 Å². The third kappa shape index (κ3) is 3.47. The first kappa shape index (κ1) is 15.0. The van der Waals surface area contributed by atoms with Crippen LogP contribution in [0.5, 0.6) is 0 Å². The number of carbonyl (C=O) groups excluding carboxylic acids is 1. The Kier molecular flexibility index (Phi) is 5.17. The van der Waals surface area contributed by atoms with Gasteiger partial charge in [0.05, 0.1) is 5.92 Å². The molecule has 1 amide bonds. The molecule has 1 rings (SSSR count). The van der Waals surface area contributed by atoms with Gasteiger partial charge in [0.2, 0.25) is 5.91 Å². The fourth-order valence-corrected chi connectivity index (χ4v) is 2.68. The van der Waals surface area contributed by atoms with Crippen LogP contribution in [0.15, 0.2) is 0 Å². The van der Waals surface area contributed by atoms with Gasteiger partial charge in [0, 0.05) is 19.0 Å². The number of nitrogens with zero attached hydrogens (tertiary/aromatic N) is 1. The normalized spacial score (nSPS) is 27.3. The molecule has 4 atom stereocenters.